The van der Waals surface area contributed by atoms with Gasteiger partial charge in [-0.15, -0.1) is 11.6 Å². The van der Waals surface area contributed by atoms with Gasteiger partial charge in [0.1, 0.15) is 11.5 Å². The van der Waals surface area contributed by atoms with Crippen LogP contribution >= 0.6 is 11.6 Å². The Labute approximate surface area is 460 Å². The topological polar surface area (TPSA) is 173 Å². The Morgan fingerprint density at radius 1 is 0.526 bits per heavy atom. The molecule has 1 aliphatic heterocycles. The van der Waals surface area contributed by atoms with Crippen LogP contribution < -0.4 is 48.5 Å². The van der Waals surface area contributed by atoms with Crippen molar-refractivity contribution in [3.63, 3.8) is 0 Å². The minimum Gasteiger partial charge on any atom is -0.493 e. The molecule has 0 spiro atoms. The number of fused-ring (bicyclic) bond motifs is 6. The Morgan fingerprint density at radius 3 is 1.31 bits per heavy atom. The van der Waals surface area contributed by atoms with Crippen molar-refractivity contribution in [2.45, 2.75) is 64.0 Å². The molecular weight excluding hydrogens is 1020 g/mol. The van der Waals surface area contributed by atoms with Crippen molar-refractivity contribution < 1.29 is 57.1 Å². The van der Waals surface area contributed by atoms with Crippen molar-refractivity contribution in [1.29, 1.82) is 0 Å². The fourth-order valence-corrected chi connectivity index (χ4v) is 10.6. The van der Waals surface area contributed by atoms with Gasteiger partial charge in [0.15, 0.2) is 23.0 Å². The normalized spacial score (nSPS) is 15.6. The number of benzene rings is 6. The third-order valence-electron chi connectivity index (χ3n) is 14.3. The number of hydrogen-bond acceptors (Lipinski definition) is 14. The lowest BCUT2D eigenvalue weighted by molar-refractivity contribution is -0.120. The van der Waals surface area contributed by atoms with Crippen molar-refractivity contribution in [3.8, 4) is 68.2 Å². The highest BCUT2D eigenvalue weighted by atomic mass is 35.5. The fourth-order valence-electron chi connectivity index (χ4n) is 10.4. The molecule has 2 atom stereocenters. The number of methoxy groups -OCH3 is 6. The zero-order valence-corrected chi connectivity index (χ0v) is 46.4. The molecule has 2 N–H and O–H groups in total. The van der Waals surface area contributed by atoms with Crippen molar-refractivity contribution in [3.05, 3.63) is 142 Å². The van der Waals surface area contributed by atoms with Crippen LogP contribution in [-0.2, 0) is 34.9 Å². The first kappa shape index (κ1) is 56.4. The van der Waals surface area contributed by atoms with Crippen molar-refractivity contribution in [1.82, 2.24) is 20.4 Å². The molecule has 1 heterocycles. The van der Waals surface area contributed by atoms with E-state index in [2.05, 4.69) is 27.5 Å². The zero-order chi connectivity index (χ0) is 55.6. The number of amides is 2. The predicted molar refractivity (Wildman–Crippen MR) is 298 cm³/mol. The van der Waals surface area contributed by atoms with Gasteiger partial charge < -0.3 is 53.4 Å². The van der Waals surface area contributed by atoms with E-state index in [1.807, 2.05) is 54.6 Å². The number of halogens is 1. The molecule has 1 saturated heterocycles. The molecule has 410 valence electrons. The molecule has 16 nitrogen and oxygen atoms in total. The standard InChI is InChI=1S/C33H39N3O6.C28H28ClNO6/c1-21(37)34-28-13-10-24-18-29(39-3)31(40-4)32(41-5)30(24)26-12-11-25(19-27(26)28)42-33(38)23-8-6-22(7-9-23)20-36-16-14-35(2)15-17-36;1-16(31)30-23-12-9-19-13-24(33-2)26(34-3)27(35-4)25(19)21-11-10-20(14-22(21)23)36-28(32)18-7-5-17(15-29)6-8-18/h6-9,11-12,18-19,28H,10,13-17,20H2,1-5H3,(H,34,37);5-8,10-11,13-14,23H,9,12,15H2,1-4H3,(H,30,31)/t28-;23-/m00/s1. The molecular formula is C61H67ClN4O12. The fraction of sp³-hybridized carbons (Fsp3) is 0.344. The van der Waals surface area contributed by atoms with E-state index >= 15 is 0 Å². The number of nitrogens with one attached hydrogen (secondary N) is 2. The second kappa shape index (κ2) is 25.6. The number of likely N-dealkylation sites (N-methyl/N-ethyl adjacent to an activating group) is 1. The molecule has 6 aromatic carbocycles. The number of aryl methyl sites for hydroxylation is 2. The van der Waals surface area contributed by atoms with E-state index in [-0.39, 0.29) is 23.9 Å². The number of ether oxygens (including phenoxy) is 8. The maximum atomic E-state index is 13.1. The molecule has 6 aromatic rings. The Morgan fingerprint density at radius 2 is 0.936 bits per heavy atom. The van der Waals surface area contributed by atoms with Gasteiger partial charge in [0, 0.05) is 63.6 Å². The van der Waals surface area contributed by atoms with Gasteiger partial charge in [-0.25, -0.2) is 9.59 Å². The lowest BCUT2D eigenvalue weighted by atomic mass is 9.93. The first-order valence-electron chi connectivity index (χ1n) is 25.8. The summed E-state index contributed by atoms with van der Waals surface area (Å²) >= 11 is 5.84. The van der Waals surface area contributed by atoms with E-state index in [0.29, 0.717) is 88.7 Å². The molecule has 2 amide bonds. The molecule has 17 heteroatoms. The van der Waals surface area contributed by atoms with Crippen LogP contribution in [0.15, 0.2) is 97.1 Å². The van der Waals surface area contributed by atoms with Gasteiger partial charge in [-0.3, -0.25) is 14.5 Å². The van der Waals surface area contributed by atoms with Gasteiger partial charge >= 0.3 is 11.9 Å². The van der Waals surface area contributed by atoms with Crippen LogP contribution in [0.2, 0.25) is 0 Å². The van der Waals surface area contributed by atoms with Gasteiger partial charge in [-0.2, -0.15) is 0 Å². The summed E-state index contributed by atoms with van der Waals surface area (Å²) in [7, 11) is 11.6. The highest BCUT2D eigenvalue weighted by Gasteiger charge is 2.32. The van der Waals surface area contributed by atoms with Crippen LogP contribution in [0.3, 0.4) is 0 Å². The summed E-state index contributed by atoms with van der Waals surface area (Å²) in [5.41, 5.74) is 10.1. The van der Waals surface area contributed by atoms with Crippen LogP contribution in [0.5, 0.6) is 46.0 Å². The van der Waals surface area contributed by atoms with Crippen LogP contribution in [-0.4, -0.2) is 109 Å². The Balaban J connectivity index is 0.000000208. The lowest BCUT2D eigenvalue weighted by Crippen LogP contribution is -2.43. The minimum atomic E-state index is -0.481. The maximum Gasteiger partial charge on any atom is 0.343 e. The van der Waals surface area contributed by atoms with Gasteiger partial charge in [-0.05, 0) is 138 Å². The van der Waals surface area contributed by atoms with Gasteiger partial charge in [0.2, 0.25) is 23.3 Å². The highest BCUT2D eigenvalue weighted by molar-refractivity contribution is 6.17. The summed E-state index contributed by atoms with van der Waals surface area (Å²) < 4.78 is 45.6. The van der Waals surface area contributed by atoms with Gasteiger partial charge in [-0.1, -0.05) is 36.4 Å². The SMILES string of the molecule is COc1cc2c(c(OC)c1OC)-c1ccc(OC(=O)c3ccc(CCl)cc3)cc1[C@@H](NC(C)=O)CC2.COc1cc2c(c(OC)c1OC)-c1ccc(OC(=O)c3ccc(CN4CCN(C)CC4)cc3)cc1[C@@H](NC(C)=O)CC2. The first-order chi connectivity index (χ1) is 37.7. The largest absolute Gasteiger partial charge is 0.493 e. The van der Waals surface area contributed by atoms with E-state index in [0.717, 1.165) is 82.8 Å². The van der Waals surface area contributed by atoms with Crippen LogP contribution in [0.1, 0.15) is 92.9 Å². The number of carbonyl (C=O) groups is 4. The van der Waals surface area contributed by atoms with Crippen LogP contribution in [0, 0.1) is 0 Å². The number of nitrogens with zero attached hydrogens (tertiary/aromatic N) is 2. The minimum absolute atomic E-state index is 0.141. The molecule has 0 aromatic heterocycles. The average Bonchev–Trinajstić information content (AvgIpc) is 3.88. The summed E-state index contributed by atoms with van der Waals surface area (Å²) in [5.74, 6) is 3.15. The second-order valence-corrected chi connectivity index (χ2v) is 19.6. The summed E-state index contributed by atoms with van der Waals surface area (Å²) in [6.07, 6.45) is 2.61. The predicted octanol–water partition coefficient (Wildman–Crippen LogP) is 9.93. The first-order valence-corrected chi connectivity index (χ1v) is 26.3. The van der Waals surface area contributed by atoms with E-state index in [9.17, 15) is 19.2 Å². The van der Waals surface area contributed by atoms with E-state index in [1.54, 1.807) is 85.1 Å². The Hall–Kier alpha value is -7.79. The van der Waals surface area contributed by atoms with Crippen molar-refractivity contribution >= 4 is 35.4 Å². The molecule has 2 aliphatic carbocycles. The molecule has 0 radical (unpaired) electrons. The summed E-state index contributed by atoms with van der Waals surface area (Å²) in [6.45, 7) is 8.05. The third kappa shape index (κ3) is 12.6. The number of hydrogen-bond donors (Lipinski definition) is 2. The summed E-state index contributed by atoms with van der Waals surface area (Å²) in [6, 6.07) is 28.8. The number of alkyl halides is 1. The lowest BCUT2D eigenvalue weighted by Gasteiger charge is -2.32. The second-order valence-electron chi connectivity index (χ2n) is 19.3. The molecule has 1 fully saturated rings. The van der Waals surface area contributed by atoms with Crippen LogP contribution in [0.4, 0.5) is 0 Å². The molecule has 0 unspecified atom stereocenters. The monoisotopic (exact) mass is 1080 g/mol. The van der Waals surface area contributed by atoms with Crippen molar-refractivity contribution in [2.75, 3.05) is 75.9 Å². The van der Waals surface area contributed by atoms with Gasteiger partial charge in [0.25, 0.3) is 0 Å². The quantitative estimate of drug-likeness (QED) is 0.0565. The number of carbonyl (C=O) groups excluding carboxylic acids is 4. The average molecular weight is 1080 g/mol. The summed E-state index contributed by atoms with van der Waals surface area (Å²) in [5, 5.41) is 6.11. The molecule has 3 aliphatic rings. The van der Waals surface area contributed by atoms with E-state index in [4.69, 9.17) is 49.5 Å². The highest BCUT2D eigenvalue weighted by Crippen LogP contribution is 2.52. The number of piperazine rings is 1. The van der Waals surface area contributed by atoms with Crippen LogP contribution in [0.25, 0.3) is 22.3 Å². The number of rotatable bonds is 15. The van der Waals surface area contributed by atoms with E-state index in [1.165, 1.54) is 19.4 Å². The maximum absolute atomic E-state index is 13.1. The Bertz CT molecular complexity index is 3160. The molecule has 78 heavy (non-hydrogen) atoms. The smallest absolute Gasteiger partial charge is 0.343 e. The van der Waals surface area contributed by atoms with Gasteiger partial charge in [0.05, 0.1) is 65.9 Å². The molecule has 0 saturated carbocycles. The third-order valence-corrected chi connectivity index (χ3v) is 14.6. The van der Waals surface area contributed by atoms with E-state index < -0.39 is 11.9 Å². The Kier molecular flexibility index (Phi) is 18.5. The molecule has 9 rings (SSSR count). The molecule has 0 bridgehead atoms. The summed E-state index contributed by atoms with van der Waals surface area (Å²) in [4.78, 5) is 54.9. The number of esters is 2. The zero-order valence-electron chi connectivity index (χ0n) is 45.6. The van der Waals surface area contributed by atoms with Crippen molar-refractivity contribution in [2.24, 2.45) is 0 Å².